The molecular weight excluding hydrogens is 396 g/mol. The fourth-order valence-corrected chi connectivity index (χ4v) is 3.64. The van der Waals surface area contributed by atoms with Crippen LogP contribution in [-0.4, -0.2) is 0 Å². The van der Waals surface area contributed by atoms with E-state index in [1.165, 1.54) is 24.5 Å². The number of halogens is 2. The van der Waals surface area contributed by atoms with Gasteiger partial charge in [0.15, 0.2) is 0 Å². The molecule has 0 aliphatic carbocycles. The van der Waals surface area contributed by atoms with Gasteiger partial charge in [0.1, 0.15) is 17.0 Å². The Hall–Kier alpha value is -3.08. The topological polar surface area (TPSA) is 23.8 Å². The van der Waals surface area contributed by atoms with Crippen molar-refractivity contribution in [3.05, 3.63) is 88.5 Å². The first-order valence-corrected chi connectivity index (χ1v) is 10.6. The predicted molar refractivity (Wildman–Crippen MR) is 119 cm³/mol. The summed E-state index contributed by atoms with van der Waals surface area (Å²) in [5.41, 5.74) is 4.57. The summed E-state index contributed by atoms with van der Waals surface area (Å²) in [5, 5.41) is 10.4. The molecule has 0 spiro atoms. The minimum atomic E-state index is -0.731. The molecule has 0 atom stereocenters. The lowest BCUT2D eigenvalue weighted by Crippen LogP contribution is -1.95. The monoisotopic (exact) mass is 417 g/mol. The number of rotatable bonds is 5. The van der Waals surface area contributed by atoms with Gasteiger partial charge in [0, 0.05) is 11.1 Å². The van der Waals surface area contributed by atoms with Crippen LogP contribution in [0.3, 0.4) is 0 Å². The summed E-state index contributed by atoms with van der Waals surface area (Å²) in [6, 6.07) is 16.8. The van der Waals surface area contributed by atoms with Crippen molar-refractivity contribution >= 4 is 11.8 Å². The molecular formula is C26H21F2NS. The summed E-state index contributed by atoms with van der Waals surface area (Å²) in [6.45, 7) is 3.77. The third-order valence-electron chi connectivity index (χ3n) is 4.89. The molecule has 150 valence electrons. The molecule has 0 bridgehead atoms. The smallest absolute Gasteiger partial charge is 0.144 e. The van der Waals surface area contributed by atoms with Crippen molar-refractivity contribution < 1.29 is 8.78 Å². The zero-order valence-electron chi connectivity index (χ0n) is 16.9. The Balaban J connectivity index is 1.80. The van der Waals surface area contributed by atoms with Crippen LogP contribution in [0, 0.1) is 41.1 Å². The summed E-state index contributed by atoms with van der Waals surface area (Å²) in [5.74, 6) is 4.86. The van der Waals surface area contributed by atoms with E-state index in [-0.39, 0.29) is 4.90 Å². The number of hydrogen-bond donors (Lipinski definition) is 0. The van der Waals surface area contributed by atoms with E-state index in [9.17, 15) is 8.78 Å². The highest BCUT2D eigenvalue weighted by atomic mass is 32.2. The fraction of sp³-hybridized carbons (Fsp3) is 0.192. The van der Waals surface area contributed by atoms with Crippen molar-refractivity contribution in [3.8, 4) is 28.4 Å². The average molecular weight is 418 g/mol. The van der Waals surface area contributed by atoms with Crippen LogP contribution >= 0.6 is 11.8 Å². The molecule has 0 heterocycles. The van der Waals surface area contributed by atoms with Crippen LogP contribution in [-0.2, 0) is 6.42 Å². The number of aryl methyl sites for hydroxylation is 1. The number of benzene rings is 3. The molecule has 0 amide bonds. The molecule has 0 radical (unpaired) electrons. The Kier molecular flexibility index (Phi) is 7.28. The van der Waals surface area contributed by atoms with Crippen molar-refractivity contribution in [3.63, 3.8) is 0 Å². The van der Waals surface area contributed by atoms with Gasteiger partial charge >= 0.3 is 0 Å². The Bertz CT molecular complexity index is 1130. The van der Waals surface area contributed by atoms with Gasteiger partial charge < -0.3 is 0 Å². The van der Waals surface area contributed by atoms with Gasteiger partial charge in [-0.1, -0.05) is 49.5 Å². The number of thioether (sulfide) groups is 1. The van der Waals surface area contributed by atoms with Gasteiger partial charge in [-0.15, -0.1) is 0 Å². The van der Waals surface area contributed by atoms with E-state index < -0.39 is 11.6 Å². The number of hydrogen-bond acceptors (Lipinski definition) is 2. The summed E-state index contributed by atoms with van der Waals surface area (Å²) in [6.07, 6.45) is 3.45. The minimum Gasteiger partial charge on any atom is -0.206 e. The maximum absolute atomic E-state index is 14.4. The average Bonchev–Trinajstić information content (AvgIpc) is 2.77. The fourth-order valence-electron chi connectivity index (χ4n) is 3.15. The van der Waals surface area contributed by atoms with E-state index in [1.54, 1.807) is 24.5 Å². The van der Waals surface area contributed by atoms with Crippen molar-refractivity contribution in [2.75, 3.05) is 0 Å². The standard InChI is InChI=1S/C26H21F2NS/c1-3-4-5-19-6-8-20(9-7-19)10-11-21-12-14-22(15-13-21)23-16-24(27)26(30-17-29)25(28)18(23)2/h6-9,12-16H,3-5H2,1-2H3. The maximum atomic E-state index is 14.4. The highest BCUT2D eigenvalue weighted by Gasteiger charge is 2.17. The molecule has 0 saturated carbocycles. The van der Waals surface area contributed by atoms with Gasteiger partial charge in [-0.2, -0.15) is 5.26 Å². The first kappa shape index (κ1) is 21.6. The minimum absolute atomic E-state index is 0.262. The van der Waals surface area contributed by atoms with Crippen LogP contribution in [0.4, 0.5) is 8.78 Å². The SMILES string of the molecule is CCCCc1ccc(C#Cc2ccc(-c3cc(F)c(SC#N)c(F)c3C)cc2)cc1. The van der Waals surface area contributed by atoms with E-state index in [4.69, 9.17) is 5.26 Å². The summed E-state index contributed by atoms with van der Waals surface area (Å²) in [4.78, 5) is -0.262. The summed E-state index contributed by atoms with van der Waals surface area (Å²) < 4.78 is 28.7. The summed E-state index contributed by atoms with van der Waals surface area (Å²) >= 11 is 0.495. The number of nitrogens with zero attached hydrogens (tertiary/aromatic N) is 1. The third-order valence-corrected chi connectivity index (χ3v) is 5.56. The normalized spacial score (nSPS) is 10.2. The zero-order valence-corrected chi connectivity index (χ0v) is 17.7. The van der Waals surface area contributed by atoms with Crippen LogP contribution in [0.25, 0.3) is 11.1 Å². The quantitative estimate of drug-likeness (QED) is 0.248. The van der Waals surface area contributed by atoms with Crippen molar-refractivity contribution in [2.24, 2.45) is 0 Å². The van der Waals surface area contributed by atoms with Crippen LogP contribution in [0.2, 0.25) is 0 Å². The van der Waals surface area contributed by atoms with Gasteiger partial charge in [-0.05, 0) is 84.1 Å². The number of nitriles is 1. The van der Waals surface area contributed by atoms with Gasteiger partial charge in [0.05, 0.1) is 4.90 Å². The molecule has 0 aliphatic rings. The molecule has 3 aromatic carbocycles. The van der Waals surface area contributed by atoms with Crippen molar-refractivity contribution in [1.29, 1.82) is 5.26 Å². The Labute approximate surface area is 180 Å². The Morgan fingerprint density at radius 2 is 1.53 bits per heavy atom. The molecule has 1 nitrogen and oxygen atoms in total. The predicted octanol–water partition coefficient (Wildman–Crippen LogP) is 7.26. The molecule has 4 heteroatoms. The van der Waals surface area contributed by atoms with Crippen LogP contribution in [0.1, 0.15) is 42.0 Å². The largest absolute Gasteiger partial charge is 0.206 e. The first-order valence-electron chi connectivity index (χ1n) is 9.79. The first-order chi connectivity index (χ1) is 14.5. The van der Waals surface area contributed by atoms with E-state index >= 15 is 0 Å². The molecule has 3 rings (SSSR count). The van der Waals surface area contributed by atoms with Gasteiger partial charge in [0.2, 0.25) is 0 Å². The third kappa shape index (κ3) is 5.09. The molecule has 30 heavy (non-hydrogen) atoms. The van der Waals surface area contributed by atoms with E-state index in [0.717, 1.165) is 17.5 Å². The van der Waals surface area contributed by atoms with Gasteiger partial charge in [-0.25, -0.2) is 8.78 Å². The van der Waals surface area contributed by atoms with Gasteiger partial charge in [0.25, 0.3) is 0 Å². The van der Waals surface area contributed by atoms with Crippen molar-refractivity contribution in [2.45, 2.75) is 38.0 Å². The Morgan fingerprint density at radius 1 is 0.933 bits per heavy atom. The van der Waals surface area contributed by atoms with Crippen molar-refractivity contribution in [1.82, 2.24) is 0 Å². The van der Waals surface area contributed by atoms with E-state index in [0.29, 0.717) is 28.5 Å². The number of thiocyanates is 1. The van der Waals surface area contributed by atoms with Crippen LogP contribution in [0.5, 0.6) is 0 Å². The Morgan fingerprint density at radius 3 is 2.10 bits per heavy atom. The molecule has 0 N–H and O–H groups in total. The number of unbranched alkanes of at least 4 members (excludes halogenated alkanes) is 1. The lowest BCUT2D eigenvalue weighted by Gasteiger charge is -2.10. The lowest BCUT2D eigenvalue weighted by atomic mass is 9.99. The molecule has 3 aromatic rings. The molecule has 0 aliphatic heterocycles. The molecule has 0 aromatic heterocycles. The second kappa shape index (κ2) is 10.1. The van der Waals surface area contributed by atoms with Crippen LogP contribution < -0.4 is 0 Å². The van der Waals surface area contributed by atoms with Gasteiger partial charge in [-0.3, -0.25) is 0 Å². The highest BCUT2D eigenvalue weighted by molar-refractivity contribution is 8.03. The molecule has 0 fully saturated rings. The second-order valence-electron chi connectivity index (χ2n) is 7.00. The van der Waals surface area contributed by atoms with Crippen LogP contribution in [0.15, 0.2) is 59.5 Å². The molecule has 0 saturated heterocycles. The maximum Gasteiger partial charge on any atom is 0.144 e. The lowest BCUT2D eigenvalue weighted by molar-refractivity contribution is 0.536. The summed E-state index contributed by atoms with van der Waals surface area (Å²) in [7, 11) is 0. The molecule has 0 unspecified atom stereocenters. The zero-order chi connectivity index (χ0) is 21.5. The van der Waals surface area contributed by atoms with E-state index in [1.807, 2.05) is 24.3 Å². The highest BCUT2D eigenvalue weighted by Crippen LogP contribution is 2.33. The second-order valence-corrected chi connectivity index (χ2v) is 7.79. The van der Waals surface area contributed by atoms with E-state index in [2.05, 4.69) is 30.9 Å².